The Morgan fingerprint density at radius 1 is 1.26 bits per heavy atom. The zero-order valence-corrected chi connectivity index (χ0v) is 19.6. The first-order valence-corrected chi connectivity index (χ1v) is 11.0. The summed E-state index contributed by atoms with van der Waals surface area (Å²) in [5.74, 6) is -1.08. The molecule has 0 aliphatic carbocycles. The van der Waals surface area contributed by atoms with E-state index < -0.39 is 28.1 Å². The number of benzene rings is 1. The lowest BCUT2D eigenvalue weighted by Crippen LogP contribution is -2.25. The maximum atomic E-state index is 12.7. The average Bonchev–Trinajstić information content (AvgIpc) is 3.10. The third-order valence-electron chi connectivity index (χ3n) is 4.36. The summed E-state index contributed by atoms with van der Waals surface area (Å²) in [6, 6.07) is 2.30. The van der Waals surface area contributed by atoms with Gasteiger partial charge in [-0.25, -0.2) is 0 Å². The van der Waals surface area contributed by atoms with E-state index in [1.54, 1.807) is 20.8 Å². The van der Waals surface area contributed by atoms with Crippen LogP contribution in [0.5, 0.6) is 0 Å². The van der Waals surface area contributed by atoms with Crippen molar-refractivity contribution < 1.29 is 19.2 Å². The number of halogens is 1. The average molecular weight is 469 g/mol. The maximum Gasteiger partial charge on any atom is 0.310 e. The molecule has 0 atom stereocenters. The quantitative estimate of drug-likeness (QED) is 0.323. The number of nitro groups is 1. The lowest BCUT2D eigenvalue weighted by Gasteiger charge is -2.19. The molecule has 0 unspecified atom stereocenters. The van der Waals surface area contributed by atoms with Gasteiger partial charge in [0.25, 0.3) is 11.6 Å². The van der Waals surface area contributed by atoms with E-state index in [2.05, 4.69) is 15.5 Å². The van der Waals surface area contributed by atoms with Gasteiger partial charge in [-0.15, -0.1) is 10.2 Å². The van der Waals surface area contributed by atoms with Crippen molar-refractivity contribution >= 4 is 45.6 Å². The predicted octanol–water partition coefficient (Wildman–Crippen LogP) is 5.14. The Hall–Kier alpha value is -2.59. The number of carbonyl (C=O) groups excluding carboxylic acids is 2. The molecule has 1 heterocycles. The van der Waals surface area contributed by atoms with Crippen LogP contribution in [0.3, 0.4) is 0 Å². The summed E-state index contributed by atoms with van der Waals surface area (Å²) in [6.07, 6.45) is 1.52. The fraction of sp³-hybridized carbons (Fsp3) is 0.500. The summed E-state index contributed by atoms with van der Waals surface area (Å²) in [6.45, 7) is 9.22. The fourth-order valence-electron chi connectivity index (χ4n) is 2.86. The number of nitrogens with one attached hydrogen (secondary N) is 1. The number of esters is 1. The highest BCUT2D eigenvalue weighted by Crippen LogP contribution is 2.31. The lowest BCUT2D eigenvalue weighted by atomic mass is 10.1. The molecule has 9 nitrogen and oxygen atoms in total. The number of hydrogen-bond donors (Lipinski definition) is 1. The molecule has 0 fully saturated rings. The zero-order valence-electron chi connectivity index (χ0n) is 18.0. The third kappa shape index (κ3) is 6.70. The van der Waals surface area contributed by atoms with Gasteiger partial charge in [-0.2, -0.15) is 0 Å². The standard InChI is InChI=1S/C20H25ClN4O5S/c1-6-11(7-2)18-23-24-19(31-18)22-17(27)13-10-14(21)12(8-15(13)25(28)29)9-16(26)30-20(3,4)5/h8,10-11H,6-7,9H2,1-5H3,(H,22,24,27). The second-order valence-electron chi connectivity index (χ2n) is 7.89. The van der Waals surface area contributed by atoms with Gasteiger partial charge >= 0.3 is 5.97 Å². The monoisotopic (exact) mass is 468 g/mol. The van der Waals surface area contributed by atoms with Gasteiger partial charge in [0.1, 0.15) is 16.2 Å². The predicted molar refractivity (Wildman–Crippen MR) is 119 cm³/mol. The van der Waals surface area contributed by atoms with Crippen LogP contribution < -0.4 is 5.32 Å². The van der Waals surface area contributed by atoms with Crippen LogP contribution in [0.1, 0.15) is 74.3 Å². The van der Waals surface area contributed by atoms with Crippen LogP contribution >= 0.6 is 22.9 Å². The fourth-order valence-corrected chi connectivity index (χ4v) is 4.09. The molecule has 0 saturated heterocycles. The number of nitrogens with zero attached hydrogens (tertiary/aromatic N) is 3. The molecule has 0 spiro atoms. The van der Waals surface area contributed by atoms with Gasteiger partial charge in [0.05, 0.1) is 11.3 Å². The van der Waals surface area contributed by atoms with Gasteiger partial charge in [0.15, 0.2) is 0 Å². The van der Waals surface area contributed by atoms with Crippen molar-refractivity contribution in [1.82, 2.24) is 10.2 Å². The number of aromatic nitrogens is 2. The Morgan fingerprint density at radius 3 is 2.45 bits per heavy atom. The zero-order chi connectivity index (χ0) is 23.3. The van der Waals surface area contributed by atoms with Crippen molar-refractivity contribution in [1.29, 1.82) is 0 Å². The van der Waals surface area contributed by atoms with Gasteiger partial charge in [0.2, 0.25) is 5.13 Å². The number of nitro benzene ring substituents is 1. The van der Waals surface area contributed by atoms with Gasteiger partial charge in [-0.1, -0.05) is 36.8 Å². The molecule has 168 valence electrons. The molecule has 0 aliphatic rings. The van der Waals surface area contributed by atoms with Crippen molar-refractivity contribution in [2.75, 3.05) is 5.32 Å². The van der Waals surface area contributed by atoms with E-state index in [1.807, 2.05) is 13.8 Å². The minimum absolute atomic E-state index is 0.0524. The molecular formula is C20H25ClN4O5S. The number of rotatable bonds is 8. The molecule has 0 saturated carbocycles. The van der Waals surface area contributed by atoms with Crippen molar-refractivity contribution in [3.8, 4) is 0 Å². The Balaban J connectivity index is 2.28. The molecule has 31 heavy (non-hydrogen) atoms. The summed E-state index contributed by atoms with van der Waals surface area (Å²) >= 11 is 7.45. The van der Waals surface area contributed by atoms with E-state index in [4.69, 9.17) is 16.3 Å². The van der Waals surface area contributed by atoms with Crippen LogP contribution in [-0.2, 0) is 16.0 Å². The van der Waals surface area contributed by atoms with Crippen LogP contribution in [0.2, 0.25) is 5.02 Å². The highest BCUT2D eigenvalue weighted by Gasteiger charge is 2.26. The van der Waals surface area contributed by atoms with Crippen molar-refractivity contribution in [3.63, 3.8) is 0 Å². The summed E-state index contributed by atoms with van der Waals surface area (Å²) in [5.41, 5.74) is -1.21. The molecular weight excluding hydrogens is 444 g/mol. The molecule has 0 aliphatic heterocycles. The van der Waals surface area contributed by atoms with E-state index in [9.17, 15) is 19.7 Å². The van der Waals surface area contributed by atoms with Gasteiger partial charge in [0, 0.05) is 17.0 Å². The number of ether oxygens (including phenoxy) is 1. The summed E-state index contributed by atoms with van der Waals surface area (Å²) in [5, 5.41) is 23.3. The minimum Gasteiger partial charge on any atom is -0.460 e. The third-order valence-corrected chi connectivity index (χ3v) is 5.71. The van der Waals surface area contributed by atoms with Crippen molar-refractivity contribution in [2.24, 2.45) is 0 Å². The van der Waals surface area contributed by atoms with E-state index >= 15 is 0 Å². The Bertz CT molecular complexity index is 982. The van der Waals surface area contributed by atoms with Crippen LogP contribution in [0.4, 0.5) is 10.8 Å². The lowest BCUT2D eigenvalue weighted by molar-refractivity contribution is -0.385. The summed E-state index contributed by atoms with van der Waals surface area (Å²) in [4.78, 5) is 35.7. The molecule has 0 bridgehead atoms. The number of amides is 1. The molecule has 2 aromatic rings. The SMILES string of the molecule is CCC(CC)c1nnc(NC(=O)c2cc(Cl)c(CC(=O)OC(C)(C)C)cc2[N+](=O)[O-])s1. The number of hydrogen-bond acceptors (Lipinski definition) is 8. The highest BCUT2D eigenvalue weighted by molar-refractivity contribution is 7.15. The molecule has 1 aromatic carbocycles. The Labute approximate surface area is 189 Å². The molecule has 2 rings (SSSR count). The van der Waals surface area contributed by atoms with E-state index in [0.717, 1.165) is 23.9 Å². The molecule has 11 heteroatoms. The smallest absolute Gasteiger partial charge is 0.310 e. The first-order valence-electron chi connectivity index (χ1n) is 9.78. The van der Waals surface area contributed by atoms with Crippen LogP contribution in [0.25, 0.3) is 0 Å². The normalized spacial score (nSPS) is 11.5. The summed E-state index contributed by atoms with van der Waals surface area (Å²) < 4.78 is 5.23. The van der Waals surface area contributed by atoms with Crippen LogP contribution in [0.15, 0.2) is 12.1 Å². The maximum absolute atomic E-state index is 12.7. The largest absolute Gasteiger partial charge is 0.460 e. The van der Waals surface area contributed by atoms with Crippen LogP contribution in [0, 0.1) is 10.1 Å². The minimum atomic E-state index is -0.732. The van der Waals surface area contributed by atoms with Gasteiger partial charge < -0.3 is 4.74 Å². The first-order chi connectivity index (χ1) is 14.4. The number of anilines is 1. The van der Waals surface area contributed by atoms with E-state index in [-0.39, 0.29) is 33.6 Å². The van der Waals surface area contributed by atoms with E-state index in [1.165, 1.54) is 17.4 Å². The second kappa shape index (κ2) is 10.1. The molecule has 1 N–H and O–H groups in total. The number of carbonyl (C=O) groups is 2. The van der Waals surface area contributed by atoms with Gasteiger partial charge in [-0.3, -0.25) is 25.0 Å². The van der Waals surface area contributed by atoms with Crippen molar-refractivity contribution in [2.45, 2.75) is 65.4 Å². The summed E-state index contributed by atoms with van der Waals surface area (Å²) in [7, 11) is 0. The Kier molecular flexibility index (Phi) is 8.08. The van der Waals surface area contributed by atoms with Crippen molar-refractivity contribution in [3.05, 3.63) is 43.4 Å². The van der Waals surface area contributed by atoms with Crippen LogP contribution in [-0.4, -0.2) is 32.6 Å². The van der Waals surface area contributed by atoms with E-state index in [0.29, 0.717) is 0 Å². The van der Waals surface area contributed by atoms with Gasteiger partial charge in [-0.05, 0) is 45.2 Å². The molecule has 1 aromatic heterocycles. The molecule has 0 radical (unpaired) electrons. The highest BCUT2D eigenvalue weighted by atomic mass is 35.5. The topological polar surface area (TPSA) is 124 Å². The first kappa shape index (κ1) is 24.7. The second-order valence-corrected chi connectivity index (χ2v) is 9.31. The Morgan fingerprint density at radius 2 is 1.90 bits per heavy atom. The molecule has 1 amide bonds.